The van der Waals surface area contributed by atoms with Crippen molar-refractivity contribution in [2.75, 3.05) is 17.2 Å². The number of anilines is 2. The van der Waals surface area contributed by atoms with Crippen LogP contribution in [0.25, 0.3) is 0 Å². The number of hydrogen-bond acceptors (Lipinski definition) is 7. The number of hydrogen-bond donors (Lipinski definition) is 2. The zero-order valence-electron chi connectivity index (χ0n) is 11.2. The van der Waals surface area contributed by atoms with Crippen LogP contribution in [0, 0.1) is 3.57 Å². The number of fused-ring (bicyclic) bond motifs is 2. The van der Waals surface area contributed by atoms with Crippen molar-refractivity contribution in [1.82, 2.24) is 9.97 Å². The molecule has 4 rings (SSSR count). The number of halogens is 2. The third kappa shape index (κ3) is 2.03. The van der Waals surface area contributed by atoms with Crippen molar-refractivity contribution in [2.45, 2.75) is 12.2 Å². The Balaban J connectivity index is 1.67. The second-order valence-electron chi connectivity index (χ2n) is 5.06. The summed E-state index contributed by atoms with van der Waals surface area (Å²) < 4.78 is 26.2. The summed E-state index contributed by atoms with van der Waals surface area (Å²) in [4.78, 5) is 7.78. The van der Waals surface area contributed by atoms with Gasteiger partial charge in [-0.1, -0.05) is 4.48 Å². The normalized spacial score (nSPS) is 21.7. The molecule has 0 bridgehead atoms. The SMILES string of the molecule is NC1(Cc2cc3c(cc2I)OCO3)Nc2cncnc2N1F. The van der Waals surface area contributed by atoms with Gasteiger partial charge in [-0.3, -0.25) is 5.73 Å². The lowest BCUT2D eigenvalue weighted by Gasteiger charge is -2.29. The van der Waals surface area contributed by atoms with Gasteiger partial charge in [0.15, 0.2) is 23.1 Å². The molecular formula is C13H11FIN5O2. The largest absolute Gasteiger partial charge is 0.454 e. The van der Waals surface area contributed by atoms with E-state index in [0.717, 1.165) is 9.13 Å². The predicted octanol–water partition coefficient (Wildman–Crippen LogP) is 1.78. The third-order valence-corrected chi connectivity index (χ3v) is 4.58. The summed E-state index contributed by atoms with van der Waals surface area (Å²) in [7, 11) is 0. The first-order chi connectivity index (χ1) is 10.6. The van der Waals surface area contributed by atoms with Gasteiger partial charge < -0.3 is 14.8 Å². The van der Waals surface area contributed by atoms with Crippen LogP contribution < -0.4 is 25.6 Å². The van der Waals surface area contributed by atoms with Crippen molar-refractivity contribution in [3.8, 4) is 11.5 Å². The van der Waals surface area contributed by atoms with E-state index in [1.54, 1.807) is 0 Å². The van der Waals surface area contributed by atoms with Gasteiger partial charge in [-0.05, 0) is 40.3 Å². The highest BCUT2D eigenvalue weighted by Gasteiger charge is 2.43. The van der Waals surface area contributed by atoms with Crippen molar-refractivity contribution >= 4 is 34.1 Å². The Morgan fingerprint density at radius 1 is 1.41 bits per heavy atom. The number of nitrogens with zero attached hydrogens (tertiary/aromatic N) is 3. The summed E-state index contributed by atoms with van der Waals surface area (Å²) in [6, 6.07) is 3.68. The lowest BCUT2D eigenvalue weighted by Crippen LogP contribution is -2.57. The molecule has 2 aliphatic rings. The summed E-state index contributed by atoms with van der Waals surface area (Å²) in [6.07, 6.45) is 2.99. The molecule has 2 aromatic rings. The second kappa shape index (κ2) is 4.81. The molecule has 7 nitrogen and oxygen atoms in total. The van der Waals surface area contributed by atoms with E-state index in [9.17, 15) is 4.48 Å². The molecule has 0 fully saturated rings. The van der Waals surface area contributed by atoms with Gasteiger partial charge in [-0.25, -0.2) is 9.97 Å². The van der Waals surface area contributed by atoms with Crippen LogP contribution in [0.2, 0.25) is 0 Å². The van der Waals surface area contributed by atoms with Crippen molar-refractivity contribution < 1.29 is 14.0 Å². The van der Waals surface area contributed by atoms with Crippen molar-refractivity contribution in [1.29, 1.82) is 0 Å². The van der Waals surface area contributed by atoms with Crippen molar-refractivity contribution in [2.24, 2.45) is 5.73 Å². The van der Waals surface area contributed by atoms with Gasteiger partial charge in [0.2, 0.25) is 6.79 Å². The molecule has 0 saturated heterocycles. The van der Waals surface area contributed by atoms with Crippen molar-refractivity contribution in [3.63, 3.8) is 0 Å². The predicted molar refractivity (Wildman–Crippen MR) is 85.1 cm³/mol. The first-order valence-corrected chi connectivity index (χ1v) is 7.56. The van der Waals surface area contributed by atoms with Crippen LogP contribution in [0.3, 0.4) is 0 Å². The lowest BCUT2D eigenvalue weighted by molar-refractivity contribution is 0.174. The molecular weight excluding hydrogens is 404 g/mol. The minimum absolute atomic E-state index is 0.133. The number of nitrogens with two attached hydrogens (primary N) is 1. The molecule has 0 aliphatic carbocycles. The molecule has 0 saturated carbocycles. The lowest BCUT2D eigenvalue weighted by atomic mass is 10.1. The monoisotopic (exact) mass is 415 g/mol. The van der Waals surface area contributed by atoms with E-state index < -0.39 is 5.79 Å². The molecule has 1 unspecified atom stereocenters. The fraction of sp³-hybridized carbons (Fsp3) is 0.231. The van der Waals surface area contributed by atoms with Gasteiger partial charge in [0.05, 0.1) is 6.20 Å². The average molecular weight is 415 g/mol. The van der Waals surface area contributed by atoms with E-state index in [2.05, 4.69) is 37.9 Å². The summed E-state index contributed by atoms with van der Waals surface area (Å²) in [5.74, 6) is 0.0317. The summed E-state index contributed by atoms with van der Waals surface area (Å²) in [5, 5.41) is 3.37. The molecule has 1 aromatic heterocycles. The Bertz CT molecular complexity index is 761. The molecule has 1 aromatic carbocycles. The maximum Gasteiger partial charge on any atom is 0.231 e. The third-order valence-electron chi connectivity index (χ3n) is 3.58. The minimum Gasteiger partial charge on any atom is -0.454 e. The van der Waals surface area contributed by atoms with Crippen LogP contribution in [0.15, 0.2) is 24.7 Å². The standard InChI is InChI=1S/C13H11FIN5O2/c14-20-12-9(4-17-5-18-12)19-13(20,16)3-7-1-10-11(2-8(7)15)22-6-21-10/h1-2,4-5,19H,3,6,16H2. The number of nitrogens with one attached hydrogen (secondary N) is 1. The van der Waals surface area contributed by atoms with Crippen LogP contribution in [0.5, 0.6) is 11.5 Å². The van der Waals surface area contributed by atoms with Crippen LogP contribution in [-0.2, 0) is 6.42 Å². The average Bonchev–Trinajstić information content (AvgIpc) is 3.03. The Labute approximate surface area is 138 Å². The van der Waals surface area contributed by atoms with Gasteiger partial charge in [0, 0.05) is 9.99 Å². The van der Waals surface area contributed by atoms with E-state index in [1.807, 2.05) is 12.1 Å². The first-order valence-electron chi connectivity index (χ1n) is 6.48. The fourth-order valence-electron chi connectivity index (χ4n) is 2.54. The summed E-state index contributed by atoms with van der Waals surface area (Å²) in [5.41, 5.74) is 7.51. The smallest absolute Gasteiger partial charge is 0.231 e. The number of benzene rings is 1. The first kappa shape index (κ1) is 13.8. The zero-order chi connectivity index (χ0) is 15.3. The molecule has 0 amide bonds. The molecule has 1 atom stereocenters. The van der Waals surface area contributed by atoms with Gasteiger partial charge in [0.25, 0.3) is 0 Å². The summed E-state index contributed by atoms with van der Waals surface area (Å²) >= 11 is 2.17. The highest BCUT2D eigenvalue weighted by atomic mass is 127. The van der Waals surface area contributed by atoms with Crippen LogP contribution in [0.1, 0.15) is 5.56 Å². The fourth-order valence-corrected chi connectivity index (χ4v) is 3.17. The quantitative estimate of drug-likeness (QED) is 0.572. The number of rotatable bonds is 2. The minimum atomic E-state index is -1.42. The zero-order valence-corrected chi connectivity index (χ0v) is 13.4. The second-order valence-corrected chi connectivity index (χ2v) is 6.23. The highest BCUT2D eigenvalue weighted by molar-refractivity contribution is 14.1. The Morgan fingerprint density at radius 3 is 2.95 bits per heavy atom. The van der Waals surface area contributed by atoms with E-state index in [0.29, 0.717) is 22.3 Å². The van der Waals surface area contributed by atoms with Gasteiger partial charge in [-0.2, -0.15) is 5.12 Å². The Hall–Kier alpha value is -1.88. The molecule has 2 aliphatic heterocycles. The van der Waals surface area contributed by atoms with Crippen LogP contribution in [0.4, 0.5) is 16.0 Å². The molecule has 0 radical (unpaired) electrons. The molecule has 3 heterocycles. The van der Waals surface area contributed by atoms with E-state index >= 15 is 0 Å². The maximum atomic E-state index is 14.6. The van der Waals surface area contributed by atoms with E-state index in [1.165, 1.54) is 12.5 Å². The van der Waals surface area contributed by atoms with Crippen LogP contribution in [-0.4, -0.2) is 22.5 Å². The van der Waals surface area contributed by atoms with E-state index in [4.69, 9.17) is 15.2 Å². The van der Waals surface area contributed by atoms with Crippen LogP contribution >= 0.6 is 22.6 Å². The number of ether oxygens (including phenoxy) is 2. The molecule has 9 heteroatoms. The highest BCUT2D eigenvalue weighted by Crippen LogP contribution is 2.40. The maximum absolute atomic E-state index is 14.6. The van der Waals surface area contributed by atoms with Gasteiger partial charge in [-0.15, -0.1) is 0 Å². The molecule has 22 heavy (non-hydrogen) atoms. The topological polar surface area (TPSA) is 85.5 Å². The molecule has 114 valence electrons. The summed E-state index contributed by atoms with van der Waals surface area (Å²) in [6.45, 7) is 0.192. The Kier molecular flexibility index (Phi) is 3.01. The van der Waals surface area contributed by atoms with Gasteiger partial charge >= 0.3 is 0 Å². The number of aromatic nitrogens is 2. The van der Waals surface area contributed by atoms with Gasteiger partial charge in [0.1, 0.15) is 12.0 Å². The van der Waals surface area contributed by atoms with Crippen molar-refractivity contribution in [3.05, 3.63) is 33.8 Å². The Morgan fingerprint density at radius 2 is 2.18 bits per heavy atom. The molecule has 3 N–H and O–H groups in total. The molecule has 0 spiro atoms. The van der Waals surface area contributed by atoms with E-state index in [-0.39, 0.29) is 19.0 Å².